The second kappa shape index (κ2) is 9.62. The van der Waals surface area contributed by atoms with E-state index in [0.29, 0.717) is 29.4 Å². The van der Waals surface area contributed by atoms with Crippen LogP contribution in [0.25, 0.3) is 0 Å². The third-order valence-corrected chi connectivity index (χ3v) is 4.11. The van der Waals surface area contributed by atoms with E-state index in [4.69, 9.17) is 20.8 Å². The van der Waals surface area contributed by atoms with Gasteiger partial charge in [0.1, 0.15) is 5.75 Å². The summed E-state index contributed by atoms with van der Waals surface area (Å²) in [5.41, 5.74) is 1.63. The number of rotatable bonds is 8. The molecule has 0 atom stereocenters. The molecule has 6 nitrogen and oxygen atoms in total. The topological polar surface area (TPSA) is 80.6 Å². The number of halogens is 1. The van der Waals surface area contributed by atoms with Gasteiger partial charge in [-0.1, -0.05) is 29.8 Å². The minimum absolute atomic E-state index is 0.115. The summed E-state index contributed by atoms with van der Waals surface area (Å²) < 4.78 is 10.5. The molecule has 28 heavy (non-hydrogen) atoms. The molecule has 0 fully saturated rings. The van der Waals surface area contributed by atoms with Gasteiger partial charge in [0.05, 0.1) is 6.26 Å². The van der Waals surface area contributed by atoms with Crippen molar-refractivity contribution in [3.8, 4) is 5.75 Å². The smallest absolute Gasteiger partial charge is 0.291 e. The molecule has 0 aliphatic heterocycles. The quantitative estimate of drug-likeness (QED) is 0.602. The predicted molar refractivity (Wildman–Crippen MR) is 107 cm³/mol. The van der Waals surface area contributed by atoms with Crippen LogP contribution in [0.4, 0.5) is 5.69 Å². The fraction of sp³-hybridized carbons (Fsp3) is 0.143. The van der Waals surface area contributed by atoms with Crippen LogP contribution < -0.4 is 15.4 Å². The number of carbonyl (C=O) groups excluding carboxylic acids is 2. The first-order valence-corrected chi connectivity index (χ1v) is 9.07. The van der Waals surface area contributed by atoms with Crippen LogP contribution in [-0.2, 0) is 11.2 Å². The molecule has 3 aromatic rings. The van der Waals surface area contributed by atoms with Crippen LogP contribution >= 0.6 is 11.6 Å². The summed E-state index contributed by atoms with van der Waals surface area (Å²) in [7, 11) is 0. The Labute approximate surface area is 167 Å². The van der Waals surface area contributed by atoms with Gasteiger partial charge in [0.25, 0.3) is 11.8 Å². The molecule has 0 saturated heterocycles. The monoisotopic (exact) mass is 398 g/mol. The summed E-state index contributed by atoms with van der Waals surface area (Å²) in [6.07, 6.45) is 2.14. The van der Waals surface area contributed by atoms with Gasteiger partial charge in [0.2, 0.25) is 0 Å². The van der Waals surface area contributed by atoms with Crippen molar-refractivity contribution in [2.75, 3.05) is 18.5 Å². The molecular weight excluding hydrogens is 380 g/mol. The highest BCUT2D eigenvalue weighted by atomic mass is 35.5. The molecule has 1 aromatic heterocycles. The van der Waals surface area contributed by atoms with E-state index in [2.05, 4.69) is 10.6 Å². The highest BCUT2D eigenvalue weighted by Gasteiger charge is 2.09. The summed E-state index contributed by atoms with van der Waals surface area (Å²) in [4.78, 5) is 23.9. The Morgan fingerprint density at radius 3 is 2.61 bits per heavy atom. The number of furan rings is 1. The minimum atomic E-state index is -0.359. The van der Waals surface area contributed by atoms with Crippen LogP contribution in [0, 0.1) is 0 Å². The Morgan fingerprint density at radius 1 is 1.04 bits per heavy atom. The Balaban J connectivity index is 1.43. The summed E-state index contributed by atoms with van der Waals surface area (Å²) in [6, 6.07) is 17.5. The number of hydrogen-bond acceptors (Lipinski definition) is 4. The van der Waals surface area contributed by atoms with Crippen LogP contribution in [0.15, 0.2) is 71.3 Å². The summed E-state index contributed by atoms with van der Waals surface area (Å²) in [5, 5.41) is 6.19. The van der Waals surface area contributed by atoms with Crippen molar-refractivity contribution in [1.29, 1.82) is 0 Å². The Hall–Kier alpha value is -3.25. The molecule has 2 aromatic carbocycles. The molecule has 144 valence electrons. The van der Waals surface area contributed by atoms with Crippen molar-refractivity contribution in [3.05, 3.63) is 83.3 Å². The summed E-state index contributed by atoms with van der Waals surface area (Å²) in [5.74, 6) is 0.109. The van der Waals surface area contributed by atoms with E-state index in [1.54, 1.807) is 36.4 Å². The SMILES string of the molecule is O=C(COc1cccc(NC(=O)c2ccco2)c1)NCCc1ccc(Cl)cc1. The van der Waals surface area contributed by atoms with Gasteiger partial charge in [-0.25, -0.2) is 0 Å². The number of benzene rings is 2. The third kappa shape index (κ3) is 5.89. The number of carbonyl (C=O) groups is 2. The van der Waals surface area contributed by atoms with Gasteiger partial charge in [-0.15, -0.1) is 0 Å². The molecule has 3 rings (SSSR count). The van der Waals surface area contributed by atoms with E-state index >= 15 is 0 Å². The van der Waals surface area contributed by atoms with Crippen LogP contribution in [0.5, 0.6) is 5.75 Å². The molecule has 0 unspecified atom stereocenters. The van der Waals surface area contributed by atoms with Crippen LogP contribution in [-0.4, -0.2) is 25.0 Å². The Morgan fingerprint density at radius 2 is 1.86 bits per heavy atom. The van der Waals surface area contributed by atoms with Crippen LogP contribution in [0.3, 0.4) is 0 Å². The Bertz CT molecular complexity index is 924. The van der Waals surface area contributed by atoms with Gasteiger partial charge < -0.3 is 19.8 Å². The molecule has 0 radical (unpaired) electrons. The summed E-state index contributed by atoms with van der Waals surface area (Å²) >= 11 is 5.85. The number of amides is 2. The van der Waals surface area contributed by atoms with E-state index in [0.717, 1.165) is 5.56 Å². The average molecular weight is 399 g/mol. The van der Waals surface area contributed by atoms with Gasteiger partial charge in [0, 0.05) is 23.3 Å². The van der Waals surface area contributed by atoms with Crippen molar-refractivity contribution < 1.29 is 18.7 Å². The number of hydrogen-bond donors (Lipinski definition) is 2. The highest BCUT2D eigenvalue weighted by Crippen LogP contribution is 2.18. The van der Waals surface area contributed by atoms with E-state index in [-0.39, 0.29) is 24.2 Å². The van der Waals surface area contributed by atoms with E-state index in [1.807, 2.05) is 24.3 Å². The lowest BCUT2D eigenvalue weighted by molar-refractivity contribution is -0.123. The van der Waals surface area contributed by atoms with E-state index in [9.17, 15) is 9.59 Å². The maximum absolute atomic E-state index is 12.0. The maximum atomic E-state index is 12.0. The zero-order chi connectivity index (χ0) is 19.8. The molecule has 7 heteroatoms. The first-order chi connectivity index (χ1) is 13.6. The molecule has 2 N–H and O–H groups in total. The van der Waals surface area contributed by atoms with Crippen molar-refractivity contribution in [1.82, 2.24) is 5.32 Å². The molecule has 0 bridgehead atoms. The zero-order valence-corrected chi connectivity index (χ0v) is 15.7. The van der Waals surface area contributed by atoms with Crippen molar-refractivity contribution in [3.63, 3.8) is 0 Å². The molecule has 0 aliphatic rings. The van der Waals surface area contributed by atoms with Crippen LogP contribution in [0.2, 0.25) is 5.02 Å². The molecule has 0 aliphatic carbocycles. The number of anilines is 1. The van der Waals surface area contributed by atoms with E-state index in [1.165, 1.54) is 6.26 Å². The maximum Gasteiger partial charge on any atom is 0.291 e. The largest absolute Gasteiger partial charge is 0.484 e. The molecule has 0 saturated carbocycles. The zero-order valence-electron chi connectivity index (χ0n) is 15.0. The summed E-state index contributed by atoms with van der Waals surface area (Å²) in [6.45, 7) is 0.388. The first kappa shape index (κ1) is 19.5. The van der Waals surface area contributed by atoms with Gasteiger partial charge in [0.15, 0.2) is 12.4 Å². The number of ether oxygens (including phenoxy) is 1. The van der Waals surface area contributed by atoms with Gasteiger partial charge in [-0.2, -0.15) is 0 Å². The van der Waals surface area contributed by atoms with Crippen LogP contribution in [0.1, 0.15) is 16.1 Å². The van der Waals surface area contributed by atoms with Crippen molar-refractivity contribution >= 4 is 29.1 Å². The predicted octanol–water partition coefficient (Wildman–Crippen LogP) is 3.92. The minimum Gasteiger partial charge on any atom is -0.484 e. The first-order valence-electron chi connectivity index (χ1n) is 8.69. The lowest BCUT2D eigenvalue weighted by atomic mass is 10.1. The van der Waals surface area contributed by atoms with Gasteiger partial charge >= 0.3 is 0 Å². The second-order valence-electron chi connectivity index (χ2n) is 5.97. The van der Waals surface area contributed by atoms with Crippen molar-refractivity contribution in [2.24, 2.45) is 0 Å². The fourth-order valence-electron chi connectivity index (χ4n) is 2.46. The molecule has 2 amide bonds. The second-order valence-corrected chi connectivity index (χ2v) is 6.41. The standard InChI is InChI=1S/C21H19ClN2O4/c22-16-8-6-15(7-9-16)10-11-23-20(25)14-28-18-4-1-3-17(13-18)24-21(26)19-5-2-12-27-19/h1-9,12-13H,10-11,14H2,(H,23,25)(H,24,26). The highest BCUT2D eigenvalue weighted by molar-refractivity contribution is 6.30. The molecular formula is C21H19ClN2O4. The third-order valence-electron chi connectivity index (χ3n) is 3.86. The lowest BCUT2D eigenvalue weighted by Gasteiger charge is -2.09. The Kier molecular flexibility index (Phi) is 6.70. The van der Waals surface area contributed by atoms with Crippen molar-refractivity contribution in [2.45, 2.75) is 6.42 Å². The molecule has 1 heterocycles. The number of nitrogens with one attached hydrogen (secondary N) is 2. The fourth-order valence-corrected chi connectivity index (χ4v) is 2.59. The van der Waals surface area contributed by atoms with Gasteiger partial charge in [-0.05, 0) is 48.4 Å². The van der Waals surface area contributed by atoms with E-state index < -0.39 is 0 Å². The molecule has 0 spiro atoms. The normalized spacial score (nSPS) is 10.3. The van der Waals surface area contributed by atoms with Gasteiger partial charge in [-0.3, -0.25) is 9.59 Å². The average Bonchev–Trinajstić information content (AvgIpc) is 3.23. The lowest BCUT2D eigenvalue weighted by Crippen LogP contribution is -2.30.